The summed E-state index contributed by atoms with van der Waals surface area (Å²) in [5.41, 5.74) is 5.96. The summed E-state index contributed by atoms with van der Waals surface area (Å²) in [6.07, 6.45) is 2.67. The van der Waals surface area contributed by atoms with Crippen LogP contribution in [-0.4, -0.2) is 42.5 Å². The molecule has 0 radical (unpaired) electrons. The van der Waals surface area contributed by atoms with E-state index < -0.39 is 0 Å². The lowest BCUT2D eigenvalue weighted by Crippen LogP contribution is -2.53. The topological polar surface area (TPSA) is 58.4 Å². The Morgan fingerprint density at radius 1 is 1.75 bits per heavy atom. The van der Waals surface area contributed by atoms with Crippen molar-refractivity contribution in [2.45, 2.75) is 32.4 Å². The molecule has 1 amide bonds. The van der Waals surface area contributed by atoms with Gasteiger partial charge in [-0.2, -0.15) is 0 Å². The molecule has 3 N–H and O–H groups in total. The van der Waals surface area contributed by atoms with E-state index in [4.69, 9.17) is 5.73 Å². The monoisotopic (exact) mass is 225 g/mol. The summed E-state index contributed by atoms with van der Waals surface area (Å²) in [4.78, 5) is 14.0. The number of carbonyl (C=O) groups is 1. The lowest BCUT2D eigenvalue weighted by Gasteiger charge is -2.37. The lowest BCUT2D eigenvalue weighted by molar-refractivity contribution is -0.126. The molecule has 1 heterocycles. The van der Waals surface area contributed by atoms with Crippen molar-refractivity contribution in [2.75, 3.05) is 19.6 Å². The largest absolute Gasteiger partial charge is 0.351 e. The van der Waals surface area contributed by atoms with E-state index >= 15 is 0 Å². The summed E-state index contributed by atoms with van der Waals surface area (Å²) in [5.74, 6) is 0.533. The van der Waals surface area contributed by atoms with Gasteiger partial charge < -0.3 is 11.1 Å². The first-order chi connectivity index (χ1) is 7.56. The smallest absolute Gasteiger partial charge is 0.237 e. The molecule has 0 aliphatic carbocycles. The minimum Gasteiger partial charge on any atom is -0.351 e. The maximum Gasteiger partial charge on any atom is 0.237 e. The minimum absolute atomic E-state index is 0.0718. The molecule has 4 nitrogen and oxygen atoms in total. The molecule has 1 aliphatic heterocycles. The average Bonchev–Trinajstić information content (AvgIpc) is 2.28. The number of amides is 1. The Bertz CT molecular complexity index is 255. The molecule has 0 saturated carbocycles. The maximum atomic E-state index is 11.8. The van der Waals surface area contributed by atoms with Crippen molar-refractivity contribution in [2.24, 2.45) is 11.7 Å². The van der Waals surface area contributed by atoms with Crippen LogP contribution >= 0.6 is 0 Å². The lowest BCUT2D eigenvalue weighted by atomic mass is 9.94. The second-order valence-electron chi connectivity index (χ2n) is 4.63. The molecule has 1 saturated heterocycles. The Morgan fingerprint density at radius 2 is 2.44 bits per heavy atom. The van der Waals surface area contributed by atoms with Gasteiger partial charge in [0.1, 0.15) is 0 Å². The zero-order chi connectivity index (χ0) is 12.1. The number of rotatable bonds is 4. The van der Waals surface area contributed by atoms with Crippen LogP contribution in [0, 0.1) is 5.92 Å². The summed E-state index contributed by atoms with van der Waals surface area (Å²) >= 11 is 0. The number of nitrogens with zero attached hydrogens (tertiary/aromatic N) is 1. The fourth-order valence-corrected chi connectivity index (χ4v) is 2.03. The molecular weight excluding hydrogens is 202 g/mol. The van der Waals surface area contributed by atoms with Crippen LogP contribution in [0.4, 0.5) is 0 Å². The van der Waals surface area contributed by atoms with Crippen molar-refractivity contribution in [1.29, 1.82) is 0 Å². The average molecular weight is 225 g/mol. The van der Waals surface area contributed by atoms with Crippen LogP contribution in [0.5, 0.6) is 0 Å². The SMILES string of the molecule is C=CCNC(=O)C(C)N1CCC(N)C(C)C1. The van der Waals surface area contributed by atoms with Crippen molar-refractivity contribution in [3.05, 3.63) is 12.7 Å². The molecule has 1 fully saturated rings. The van der Waals surface area contributed by atoms with Crippen LogP contribution in [0.25, 0.3) is 0 Å². The number of nitrogens with one attached hydrogen (secondary N) is 1. The second kappa shape index (κ2) is 6.01. The summed E-state index contributed by atoms with van der Waals surface area (Å²) in [6.45, 7) is 10.0. The van der Waals surface area contributed by atoms with Gasteiger partial charge in [0.2, 0.25) is 5.91 Å². The molecule has 92 valence electrons. The predicted octanol–water partition coefficient (Wildman–Crippen LogP) is 0.346. The molecule has 0 aromatic rings. The quantitative estimate of drug-likeness (QED) is 0.679. The van der Waals surface area contributed by atoms with Crippen LogP contribution in [0.15, 0.2) is 12.7 Å². The molecule has 4 heteroatoms. The van der Waals surface area contributed by atoms with Crippen molar-refractivity contribution in [3.63, 3.8) is 0 Å². The summed E-state index contributed by atoms with van der Waals surface area (Å²) in [6, 6.07) is 0.203. The Balaban J connectivity index is 2.44. The van der Waals surface area contributed by atoms with Gasteiger partial charge in [-0.1, -0.05) is 13.0 Å². The van der Waals surface area contributed by atoms with E-state index in [1.165, 1.54) is 0 Å². The number of piperidine rings is 1. The third kappa shape index (κ3) is 3.32. The highest BCUT2D eigenvalue weighted by atomic mass is 16.2. The molecular formula is C12H23N3O. The highest BCUT2D eigenvalue weighted by Crippen LogP contribution is 2.17. The van der Waals surface area contributed by atoms with E-state index in [1.54, 1.807) is 6.08 Å². The van der Waals surface area contributed by atoms with Gasteiger partial charge in [-0.05, 0) is 19.3 Å². The normalized spacial score (nSPS) is 28.4. The van der Waals surface area contributed by atoms with Gasteiger partial charge in [0.25, 0.3) is 0 Å². The minimum atomic E-state index is -0.0742. The van der Waals surface area contributed by atoms with Gasteiger partial charge in [-0.3, -0.25) is 9.69 Å². The van der Waals surface area contributed by atoms with Gasteiger partial charge in [-0.25, -0.2) is 0 Å². The van der Waals surface area contributed by atoms with E-state index in [1.807, 2.05) is 6.92 Å². The molecule has 1 aliphatic rings. The van der Waals surface area contributed by atoms with Gasteiger partial charge in [-0.15, -0.1) is 6.58 Å². The number of hydrogen-bond acceptors (Lipinski definition) is 3. The standard InChI is InChI=1S/C12H23N3O/c1-4-6-14-12(16)10(3)15-7-5-11(13)9(2)8-15/h4,9-11H,1,5-8,13H2,2-3H3,(H,14,16). The molecule has 3 atom stereocenters. The van der Waals surface area contributed by atoms with Crippen molar-refractivity contribution >= 4 is 5.91 Å². The van der Waals surface area contributed by atoms with Crippen molar-refractivity contribution in [1.82, 2.24) is 10.2 Å². The van der Waals surface area contributed by atoms with E-state index in [-0.39, 0.29) is 18.0 Å². The molecule has 3 unspecified atom stereocenters. The molecule has 1 rings (SSSR count). The van der Waals surface area contributed by atoms with Crippen molar-refractivity contribution < 1.29 is 4.79 Å². The number of nitrogens with two attached hydrogens (primary N) is 1. The molecule has 16 heavy (non-hydrogen) atoms. The van der Waals surface area contributed by atoms with Gasteiger partial charge in [0.05, 0.1) is 6.04 Å². The maximum absolute atomic E-state index is 11.8. The number of likely N-dealkylation sites (tertiary alicyclic amines) is 1. The third-order valence-electron chi connectivity index (χ3n) is 3.35. The van der Waals surface area contributed by atoms with Crippen LogP contribution in [0.3, 0.4) is 0 Å². The third-order valence-corrected chi connectivity index (χ3v) is 3.35. The van der Waals surface area contributed by atoms with Gasteiger partial charge >= 0.3 is 0 Å². The van der Waals surface area contributed by atoms with Crippen molar-refractivity contribution in [3.8, 4) is 0 Å². The Morgan fingerprint density at radius 3 is 3.00 bits per heavy atom. The van der Waals surface area contributed by atoms with Crippen LogP contribution in [0.1, 0.15) is 20.3 Å². The molecule has 0 spiro atoms. The van der Waals surface area contributed by atoms with Gasteiger partial charge in [0.15, 0.2) is 0 Å². The first-order valence-electron chi connectivity index (χ1n) is 5.94. The van der Waals surface area contributed by atoms with E-state index in [9.17, 15) is 4.79 Å². The fourth-order valence-electron chi connectivity index (χ4n) is 2.03. The van der Waals surface area contributed by atoms with E-state index in [0.717, 1.165) is 19.5 Å². The van der Waals surface area contributed by atoms with E-state index in [0.29, 0.717) is 12.5 Å². The van der Waals surface area contributed by atoms with Crippen LogP contribution < -0.4 is 11.1 Å². The highest BCUT2D eigenvalue weighted by Gasteiger charge is 2.28. The number of carbonyl (C=O) groups excluding carboxylic acids is 1. The van der Waals surface area contributed by atoms with E-state index in [2.05, 4.69) is 23.7 Å². The fraction of sp³-hybridized carbons (Fsp3) is 0.750. The van der Waals surface area contributed by atoms with Crippen LogP contribution in [-0.2, 0) is 4.79 Å². The molecule has 0 bridgehead atoms. The number of hydrogen-bond donors (Lipinski definition) is 2. The summed E-state index contributed by atoms with van der Waals surface area (Å²) in [5, 5.41) is 2.83. The second-order valence-corrected chi connectivity index (χ2v) is 4.63. The summed E-state index contributed by atoms with van der Waals surface area (Å²) in [7, 11) is 0. The van der Waals surface area contributed by atoms with Crippen LogP contribution in [0.2, 0.25) is 0 Å². The first kappa shape index (κ1) is 13.2. The molecule has 0 aromatic carbocycles. The highest BCUT2D eigenvalue weighted by molar-refractivity contribution is 5.81. The first-order valence-corrected chi connectivity index (χ1v) is 5.94. The zero-order valence-corrected chi connectivity index (χ0v) is 10.3. The van der Waals surface area contributed by atoms with Gasteiger partial charge in [0, 0.05) is 25.7 Å². The zero-order valence-electron chi connectivity index (χ0n) is 10.3. The Hall–Kier alpha value is -0.870. The summed E-state index contributed by atoms with van der Waals surface area (Å²) < 4.78 is 0. The Kier molecular flexibility index (Phi) is 4.96. The molecule has 0 aromatic heterocycles. The predicted molar refractivity (Wildman–Crippen MR) is 66.0 cm³/mol. The Labute approximate surface area is 97.9 Å².